The van der Waals surface area contributed by atoms with Gasteiger partial charge in [0.25, 0.3) is 0 Å². The van der Waals surface area contributed by atoms with Crippen LogP contribution in [0.3, 0.4) is 0 Å². The number of likely N-dealkylation sites (N-methyl/N-ethyl adjacent to an activating group) is 1. The lowest BCUT2D eigenvalue weighted by Gasteiger charge is -2.31. The fraction of sp³-hybridized carbons (Fsp3) is 0.538. The van der Waals surface area contributed by atoms with Crippen molar-refractivity contribution in [2.75, 3.05) is 33.2 Å². The Kier molecular flexibility index (Phi) is 5.78. The van der Waals surface area contributed by atoms with Gasteiger partial charge in [-0.15, -0.1) is 0 Å². The number of hydrogen-bond acceptors (Lipinski definition) is 3. The summed E-state index contributed by atoms with van der Waals surface area (Å²) < 4.78 is 26.0. The van der Waals surface area contributed by atoms with E-state index in [1.807, 2.05) is 32.2 Å². The Morgan fingerprint density at radius 1 is 1.06 bits per heavy atom. The SMILES string of the molecule is C\C=C/C=C\C=C(/C)S(=O)(=O)N1CCN(C)CC1. The second-order valence-corrected chi connectivity index (χ2v) is 6.51. The van der Waals surface area contributed by atoms with Crippen molar-refractivity contribution in [3.63, 3.8) is 0 Å². The smallest absolute Gasteiger partial charge is 0.239 e. The van der Waals surface area contributed by atoms with Crippen LogP contribution in [0.25, 0.3) is 0 Å². The lowest BCUT2D eigenvalue weighted by molar-refractivity contribution is 0.223. The van der Waals surface area contributed by atoms with Gasteiger partial charge in [-0.2, -0.15) is 4.31 Å². The molecule has 0 saturated carbocycles. The van der Waals surface area contributed by atoms with Gasteiger partial charge in [-0.1, -0.05) is 24.3 Å². The zero-order valence-electron chi connectivity index (χ0n) is 11.3. The van der Waals surface area contributed by atoms with E-state index in [1.165, 1.54) is 0 Å². The first-order valence-electron chi connectivity index (χ1n) is 6.13. The second-order valence-electron chi connectivity index (χ2n) is 4.40. The average molecular weight is 270 g/mol. The molecule has 18 heavy (non-hydrogen) atoms. The van der Waals surface area contributed by atoms with Crippen molar-refractivity contribution >= 4 is 10.0 Å². The zero-order valence-corrected chi connectivity index (χ0v) is 12.2. The van der Waals surface area contributed by atoms with Crippen molar-refractivity contribution in [2.45, 2.75) is 13.8 Å². The summed E-state index contributed by atoms with van der Waals surface area (Å²) in [5, 5.41) is 0. The molecule has 0 N–H and O–H groups in total. The Labute approximate surface area is 110 Å². The fourth-order valence-corrected chi connectivity index (χ4v) is 2.99. The van der Waals surface area contributed by atoms with Gasteiger partial charge in [-0.25, -0.2) is 8.42 Å². The molecule has 0 bridgehead atoms. The molecule has 1 rings (SSSR count). The molecule has 0 aliphatic carbocycles. The van der Waals surface area contributed by atoms with Gasteiger partial charge >= 0.3 is 0 Å². The maximum Gasteiger partial charge on any atom is 0.239 e. The molecule has 102 valence electrons. The van der Waals surface area contributed by atoms with Gasteiger partial charge < -0.3 is 4.90 Å². The first-order valence-corrected chi connectivity index (χ1v) is 7.57. The summed E-state index contributed by atoms with van der Waals surface area (Å²) in [6, 6.07) is 0. The third-order valence-electron chi connectivity index (χ3n) is 2.95. The summed E-state index contributed by atoms with van der Waals surface area (Å²) in [5.41, 5.74) is 0. The molecule has 0 radical (unpaired) electrons. The zero-order chi connectivity index (χ0) is 13.6. The second kappa shape index (κ2) is 6.87. The highest BCUT2D eigenvalue weighted by Gasteiger charge is 2.26. The fourth-order valence-electron chi connectivity index (χ4n) is 1.68. The van der Waals surface area contributed by atoms with Crippen LogP contribution in [0.1, 0.15) is 13.8 Å². The maximum absolute atomic E-state index is 12.2. The Morgan fingerprint density at radius 2 is 1.67 bits per heavy atom. The quantitative estimate of drug-likeness (QED) is 0.729. The number of allylic oxidation sites excluding steroid dienone is 6. The highest BCUT2D eigenvalue weighted by molar-refractivity contribution is 7.93. The minimum absolute atomic E-state index is 0.396. The normalized spacial score (nSPS) is 21.2. The molecule has 5 heteroatoms. The highest BCUT2D eigenvalue weighted by Crippen LogP contribution is 2.14. The molecule has 4 nitrogen and oxygen atoms in total. The van der Waals surface area contributed by atoms with Crippen LogP contribution in [0.15, 0.2) is 35.3 Å². The third-order valence-corrected chi connectivity index (χ3v) is 4.95. The molecule has 1 aliphatic heterocycles. The number of piperazine rings is 1. The lowest BCUT2D eigenvalue weighted by Crippen LogP contribution is -2.47. The summed E-state index contributed by atoms with van der Waals surface area (Å²) in [6.07, 6.45) is 8.99. The van der Waals surface area contributed by atoms with Gasteiger partial charge in [0.15, 0.2) is 0 Å². The molecule has 1 aliphatic rings. The highest BCUT2D eigenvalue weighted by atomic mass is 32.2. The van der Waals surface area contributed by atoms with Crippen LogP contribution in [-0.4, -0.2) is 50.8 Å². The Bertz CT molecular complexity index is 442. The number of nitrogens with zero attached hydrogens (tertiary/aromatic N) is 2. The van der Waals surface area contributed by atoms with Crippen LogP contribution >= 0.6 is 0 Å². The summed E-state index contributed by atoms with van der Waals surface area (Å²) in [7, 11) is -1.27. The first-order chi connectivity index (χ1) is 8.48. The molecular weight excluding hydrogens is 248 g/mol. The van der Waals surface area contributed by atoms with E-state index in [1.54, 1.807) is 23.4 Å². The molecule has 1 heterocycles. The Hall–Kier alpha value is -0.910. The maximum atomic E-state index is 12.2. The number of sulfonamides is 1. The van der Waals surface area contributed by atoms with Crippen molar-refractivity contribution in [1.82, 2.24) is 9.21 Å². The van der Waals surface area contributed by atoms with Crippen molar-refractivity contribution in [2.24, 2.45) is 0 Å². The van der Waals surface area contributed by atoms with Gasteiger partial charge in [0.1, 0.15) is 0 Å². The number of rotatable bonds is 4. The molecular formula is C13H22N2O2S. The van der Waals surface area contributed by atoms with E-state index in [2.05, 4.69) is 4.90 Å². The molecule has 0 aromatic carbocycles. The van der Waals surface area contributed by atoms with Crippen molar-refractivity contribution in [1.29, 1.82) is 0 Å². The summed E-state index contributed by atoms with van der Waals surface area (Å²) in [5.74, 6) is 0. The molecule has 0 unspecified atom stereocenters. The molecule has 0 atom stereocenters. The monoisotopic (exact) mass is 270 g/mol. The molecule has 0 spiro atoms. The summed E-state index contributed by atoms with van der Waals surface area (Å²) >= 11 is 0. The van der Waals surface area contributed by atoms with Gasteiger partial charge in [0.2, 0.25) is 10.0 Å². The van der Waals surface area contributed by atoms with Crippen LogP contribution < -0.4 is 0 Å². The van der Waals surface area contributed by atoms with E-state index in [-0.39, 0.29) is 0 Å². The van der Waals surface area contributed by atoms with Gasteiger partial charge in [-0.05, 0) is 27.0 Å². The van der Waals surface area contributed by atoms with E-state index in [9.17, 15) is 8.42 Å². The van der Waals surface area contributed by atoms with E-state index in [0.717, 1.165) is 13.1 Å². The van der Waals surface area contributed by atoms with Gasteiger partial charge in [0.05, 0.1) is 4.91 Å². The van der Waals surface area contributed by atoms with Crippen LogP contribution in [0.4, 0.5) is 0 Å². The number of hydrogen-bond donors (Lipinski definition) is 0. The molecule has 0 aromatic rings. The van der Waals surface area contributed by atoms with Gasteiger partial charge in [0, 0.05) is 26.2 Å². The first kappa shape index (κ1) is 15.1. The van der Waals surface area contributed by atoms with Crippen LogP contribution in [0.2, 0.25) is 0 Å². The van der Waals surface area contributed by atoms with Crippen LogP contribution in [0, 0.1) is 0 Å². The Morgan fingerprint density at radius 3 is 2.22 bits per heavy atom. The summed E-state index contributed by atoms with van der Waals surface area (Å²) in [4.78, 5) is 2.53. The molecule has 0 amide bonds. The van der Waals surface area contributed by atoms with E-state index in [4.69, 9.17) is 0 Å². The minimum Gasteiger partial charge on any atom is -0.304 e. The van der Waals surface area contributed by atoms with Crippen molar-refractivity contribution < 1.29 is 8.42 Å². The Balaban J connectivity index is 2.73. The van der Waals surface area contributed by atoms with Crippen LogP contribution in [0.5, 0.6) is 0 Å². The standard InChI is InChI=1S/C13H22N2O2S/c1-4-5-6-7-8-13(2)18(16,17)15-11-9-14(3)10-12-15/h4-8H,9-12H2,1-3H3/b5-4-,7-6-,13-8+. The minimum atomic E-state index is -3.28. The van der Waals surface area contributed by atoms with Crippen LogP contribution in [-0.2, 0) is 10.0 Å². The van der Waals surface area contributed by atoms with E-state index in [0.29, 0.717) is 18.0 Å². The third kappa shape index (κ3) is 4.08. The van der Waals surface area contributed by atoms with E-state index >= 15 is 0 Å². The molecule has 1 saturated heterocycles. The molecule has 0 aromatic heterocycles. The largest absolute Gasteiger partial charge is 0.304 e. The summed E-state index contributed by atoms with van der Waals surface area (Å²) in [6.45, 7) is 6.29. The molecule has 1 fully saturated rings. The lowest BCUT2D eigenvalue weighted by atomic mass is 10.4. The predicted octanol–water partition coefficient (Wildman–Crippen LogP) is 1.60. The topological polar surface area (TPSA) is 40.6 Å². The van der Waals surface area contributed by atoms with Gasteiger partial charge in [-0.3, -0.25) is 0 Å². The van der Waals surface area contributed by atoms with Crippen molar-refractivity contribution in [3.8, 4) is 0 Å². The predicted molar refractivity (Wildman–Crippen MR) is 75.7 cm³/mol. The van der Waals surface area contributed by atoms with E-state index < -0.39 is 10.0 Å². The average Bonchev–Trinajstić information content (AvgIpc) is 2.35. The van der Waals surface area contributed by atoms with Crippen molar-refractivity contribution in [3.05, 3.63) is 35.3 Å².